The quantitative estimate of drug-likeness (QED) is 0.578. The molecular formula is C25H24N4O4S. The maximum absolute atomic E-state index is 13.6. The molecule has 0 spiro atoms. The Bertz CT molecular complexity index is 1470. The summed E-state index contributed by atoms with van der Waals surface area (Å²) in [7, 11) is -2.34. The van der Waals surface area contributed by atoms with Crippen LogP contribution in [0.25, 0.3) is 10.9 Å². The largest absolute Gasteiger partial charge is 0.332 e. The van der Waals surface area contributed by atoms with Gasteiger partial charge in [0.15, 0.2) is 0 Å². The molecule has 1 aromatic heterocycles. The molecule has 3 aromatic rings. The number of amides is 2. The molecule has 34 heavy (non-hydrogen) atoms. The number of piperazine rings is 1. The molecule has 3 heterocycles. The number of nitrogens with zero attached hydrogens (tertiary/aromatic N) is 4. The van der Waals surface area contributed by atoms with Crippen LogP contribution in [-0.2, 0) is 19.6 Å². The number of likely N-dealkylation sites (N-methyl/N-ethyl adjacent to an activating group) is 1. The van der Waals surface area contributed by atoms with Gasteiger partial charge in [-0.2, -0.15) is 5.26 Å². The monoisotopic (exact) mass is 476 g/mol. The predicted octanol–water partition coefficient (Wildman–Crippen LogP) is 2.91. The van der Waals surface area contributed by atoms with E-state index < -0.39 is 33.6 Å². The van der Waals surface area contributed by atoms with Gasteiger partial charge in [-0.15, -0.1) is 0 Å². The van der Waals surface area contributed by atoms with Crippen molar-refractivity contribution in [2.45, 2.75) is 43.3 Å². The summed E-state index contributed by atoms with van der Waals surface area (Å²) in [5.41, 5.74) is -0.0857. The van der Waals surface area contributed by atoms with E-state index in [4.69, 9.17) is 0 Å². The van der Waals surface area contributed by atoms with E-state index >= 15 is 0 Å². The summed E-state index contributed by atoms with van der Waals surface area (Å²) in [4.78, 5) is 29.6. The number of aromatic nitrogens is 1. The van der Waals surface area contributed by atoms with E-state index in [9.17, 15) is 23.3 Å². The van der Waals surface area contributed by atoms with Gasteiger partial charge in [-0.3, -0.25) is 9.59 Å². The molecule has 174 valence electrons. The summed E-state index contributed by atoms with van der Waals surface area (Å²) in [6, 6.07) is 15.3. The molecule has 0 aliphatic carbocycles. The molecule has 0 unspecified atom stereocenters. The number of hydrogen-bond acceptors (Lipinski definition) is 5. The minimum absolute atomic E-state index is 0.133. The van der Waals surface area contributed by atoms with E-state index in [0.717, 1.165) is 0 Å². The molecule has 2 fully saturated rings. The van der Waals surface area contributed by atoms with Crippen LogP contribution in [0, 0.1) is 16.7 Å². The lowest BCUT2D eigenvalue weighted by molar-refractivity contribution is -0.159. The third kappa shape index (κ3) is 2.91. The van der Waals surface area contributed by atoms with Gasteiger partial charge < -0.3 is 9.80 Å². The van der Waals surface area contributed by atoms with Crippen molar-refractivity contribution in [3.05, 3.63) is 66.4 Å². The maximum Gasteiger partial charge on any atom is 0.268 e. The summed E-state index contributed by atoms with van der Waals surface area (Å²) < 4.78 is 28.3. The fourth-order valence-corrected chi connectivity index (χ4v) is 6.69. The Morgan fingerprint density at radius 2 is 1.68 bits per heavy atom. The van der Waals surface area contributed by atoms with E-state index in [1.54, 1.807) is 63.4 Å². The van der Waals surface area contributed by atoms with E-state index in [1.165, 1.54) is 32.1 Å². The van der Waals surface area contributed by atoms with Crippen LogP contribution >= 0.6 is 0 Å². The zero-order valence-corrected chi connectivity index (χ0v) is 19.9. The molecule has 2 aliphatic heterocycles. The van der Waals surface area contributed by atoms with Crippen LogP contribution in [0.15, 0.2) is 65.7 Å². The Labute approximate surface area is 198 Å². The Kier molecular flexibility index (Phi) is 4.85. The van der Waals surface area contributed by atoms with Crippen molar-refractivity contribution < 1.29 is 18.0 Å². The van der Waals surface area contributed by atoms with Crippen LogP contribution in [-0.4, -0.2) is 53.1 Å². The number of carbonyl (C=O) groups is 2. The van der Waals surface area contributed by atoms with Crippen molar-refractivity contribution in [1.29, 1.82) is 5.26 Å². The van der Waals surface area contributed by atoms with Gasteiger partial charge in [-0.1, -0.05) is 36.4 Å². The fraction of sp³-hybridized carbons (Fsp3) is 0.320. The second kappa shape index (κ2) is 7.43. The van der Waals surface area contributed by atoms with Gasteiger partial charge >= 0.3 is 0 Å². The number of nitriles is 1. The van der Waals surface area contributed by atoms with Crippen LogP contribution < -0.4 is 0 Å². The first kappa shape index (κ1) is 22.2. The molecule has 0 N–H and O–H groups in total. The molecule has 0 saturated carbocycles. The molecular weight excluding hydrogens is 452 g/mol. The summed E-state index contributed by atoms with van der Waals surface area (Å²) in [5.74, 6) is -0.462. The van der Waals surface area contributed by atoms with Gasteiger partial charge in [-0.25, -0.2) is 12.4 Å². The highest BCUT2D eigenvalue weighted by molar-refractivity contribution is 7.90. The summed E-state index contributed by atoms with van der Waals surface area (Å²) in [5, 5.41) is 10.8. The minimum atomic E-state index is -3.94. The second-order valence-corrected chi connectivity index (χ2v) is 11.1. The van der Waals surface area contributed by atoms with E-state index in [0.29, 0.717) is 16.5 Å². The number of rotatable bonds is 3. The third-order valence-electron chi connectivity index (χ3n) is 7.22. The van der Waals surface area contributed by atoms with Crippen molar-refractivity contribution in [1.82, 2.24) is 13.8 Å². The number of benzene rings is 2. The van der Waals surface area contributed by atoms with Gasteiger partial charge in [0.25, 0.3) is 10.0 Å². The van der Waals surface area contributed by atoms with Crippen molar-refractivity contribution in [2.24, 2.45) is 5.41 Å². The van der Waals surface area contributed by atoms with Crippen LogP contribution in [0.4, 0.5) is 0 Å². The van der Waals surface area contributed by atoms with Crippen molar-refractivity contribution in [3.63, 3.8) is 0 Å². The molecule has 8 nitrogen and oxygen atoms in total. The van der Waals surface area contributed by atoms with Crippen molar-refractivity contribution in [2.75, 3.05) is 7.05 Å². The smallest absolute Gasteiger partial charge is 0.268 e. The van der Waals surface area contributed by atoms with Crippen LogP contribution in [0.5, 0.6) is 0 Å². The van der Waals surface area contributed by atoms with Crippen LogP contribution in [0.2, 0.25) is 0 Å². The van der Waals surface area contributed by atoms with Gasteiger partial charge in [0, 0.05) is 24.2 Å². The molecule has 2 aliphatic rings. The number of fused-ring (bicyclic) bond motifs is 2. The normalized spacial score (nSPS) is 27.2. The lowest BCUT2D eigenvalue weighted by atomic mass is 9.79. The number of hydrogen-bond donors (Lipinski definition) is 0. The molecule has 0 bridgehead atoms. The Morgan fingerprint density at radius 3 is 2.35 bits per heavy atom. The van der Waals surface area contributed by atoms with Gasteiger partial charge in [0.05, 0.1) is 27.9 Å². The lowest BCUT2D eigenvalue weighted by Crippen LogP contribution is -2.60. The Balaban J connectivity index is 1.76. The zero-order valence-electron chi connectivity index (χ0n) is 19.0. The minimum Gasteiger partial charge on any atom is -0.332 e. The van der Waals surface area contributed by atoms with Crippen molar-refractivity contribution >= 4 is 32.7 Å². The predicted molar refractivity (Wildman–Crippen MR) is 125 cm³/mol. The number of para-hydroxylation sites is 1. The first-order chi connectivity index (χ1) is 16.1. The maximum atomic E-state index is 13.6. The van der Waals surface area contributed by atoms with Crippen LogP contribution in [0.1, 0.15) is 31.9 Å². The Hall–Kier alpha value is -3.64. The molecule has 0 radical (unpaired) electrons. The first-order valence-corrected chi connectivity index (χ1v) is 12.5. The highest BCUT2D eigenvalue weighted by atomic mass is 32.2. The topological polar surface area (TPSA) is 103 Å². The molecule has 2 aromatic carbocycles. The molecule has 9 heteroatoms. The molecule has 4 atom stereocenters. The average molecular weight is 477 g/mol. The molecule has 2 amide bonds. The molecule has 5 rings (SSSR count). The average Bonchev–Trinajstić information content (AvgIpc) is 3.38. The van der Waals surface area contributed by atoms with Crippen LogP contribution in [0.3, 0.4) is 0 Å². The van der Waals surface area contributed by atoms with E-state index in [-0.39, 0.29) is 23.1 Å². The standard InChI is InChI=1S/C25H24N4O4S/c1-16-23(30)29-21(24(31)27(16)3)13-25(2,15-26)22(29)19-14-28(20-12-8-7-11-18(19)20)34(32,33)17-9-5-4-6-10-17/h4-12,14,16,21-22H,13H2,1-3H3/t16-,21+,22+,25-/m1/s1. The lowest BCUT2D eigenvalue weighted by Gasteiger charge is -2.41. The second-order valence-electron chi connectivity index (χ2n) is 9.24. The highest BCUT2D eigenvalue weighted by Crippen LogP contribution is 2.53. The third-order valence-corrected chi connectivity index (χ3v) is 8.91. The Morgan fingerprint density at radius 1 is 1.03 bits per heavy atom. The summed E-state index contributed by atoms with van der Waals surface area (Å²) >= 11 is 0. The number of carbonyl (C=O) groups excluding carboxylic acids is 2. The highest BCUT2D eigenvalue weighted by Gasteiger charge is 2.59. The molecule has 2 saturated heterocycles. The fourth-order valence-electron chi connectivity index (χ4n) is 5.29. The van der Waals surface area contributed by atoms with Gasteiger partial charge in [0.2, 0.25) is 11.8 Å². The van der Waals surface area contributed by atoms with Crippen molar-refractivity contribution in [3.8, 4) is 6.07 Å². The van der Waals surface area contributed by atoms with E-state index in [2.05, 4.69) is 6.07 Å². The zero-order chi connectivity index (χ0) is 24.4. The summed E-state index contributed by atoms with van der Waals surface area (Å²) in [6.07, 6.45) is 1.69. The van der Waals surface area contributed by atoms with Gasteiger partial charge in [-0.05, 0) is 38.5 Å². The summed E-state index contributed by atoms with van der Waals surface area (Å²) in [6.45, 7) is 3.40. The first-order valence-electron chi connectivity index (χ1n) is 11.0. The van der Waals surface area contributed by atoms with E-state index in [1.807, 2.05) is 0 Å². The SMILES string of the molecule is C[C@@H]1C(=O)N2[C@@H](c3cn(S(=O)(=O)c4ccccc4)c4ccccc34)[C@@](C)(C#N)C[C@H]2C(=O)N1C. The van der Waals surface area contributed by atoms with Gasteiger partial charge in [0.1, 0.15) is 12.1 Å².